The van der Waals surface area contributed by atoms with Crippen LogP contribution in [0.2, 0.25) is 18.1 Å². The average Bonchev–Trinajstić information content (AvgIpc) is 2.91. The first kappa shape index (κ1) is 32.0. The Morgan fingerprint density at radius 3 is 2.20 bits per heavy atom. The predicted molar refractivity (Wildman–Crippen MR) is 161 cm³/mol. The van der Waals surface area contributed by atoms with Crippen LogP contribution in [0.15, 0.2) is 71.3 Å². The number of Topliss-reactive ketones (excluding diaryl/α,β-unsaturated/α-hetero) is 1. The molecule has 0 aromatic heterocycles. The van der Waals surface area contributed by atoms with Crippen LogP contribution in [-0.4, -0.2) is 44.1 Å². The summed E-state index contributed by atoms with van der Waals surface area (Å²) in [4.78, 5) is 37.0. The van der Waals surface area contributed by atoms with Crippen molar-refractivity contribution in [2.75, 3.05) is 7.11 Å². The molecule has 2 aromatic carbocycles. The van der Waals surface area contributed by atoms with E-state index < -0.39 is 32.0 Å². The molecule has 0 saturated heterocycles. The number of ether oxygens (including phenoxy) is 2. The highest BCUT2D eigenvalue weighted by Crippen LogP contribution is 2.40. The molecule has 2 aromatic rings. The van der Waals surface area contributed by atoms with E-state index in [2.05, 4.69) is 33.9 Å². The van der Waals surface area contributed by atoms with E-state index in [0.29, 0.717) is 40.4 Å². The number of carbonyl (C=O) groups excluding carboxylic acids is 2. The number of nitro groups is 1. The Labute approximate surface area is 243 Å². The number of nitrogens with zero attached hydrogens (tertiary/aromatic N) is 1. The van der Waals surface area contributed by atoms with Crippen LogP contribution in [0.5, 0.6) is 11.5 Å². The van der Waals surface area contributed by atoms with Gasteiger partial charge in [-0.05, 0) is 72.5 Å². The lowest BCUT2D eigenvalue weighted by Gasteiger charge is -2.40. The fourth-order valence-electron chi connectivity index (χ4n) is 4.57. The number of hydrogen-bond donors (Lipinski definition) is 0. The van der Waals surface area contributed by atoms with Crippen LogP contribution in [0.25, 0.3) is 0 Å². The molecule has 8 nitrogen and oxygen atoms in total. The molecule has 0 heterocycles. The molecule has 0 fully saturated rings. The molecule has 0 unspecified atom stereocenters. The van der Waals surface area contributed by atoms with E-state index >= 15 is 0 Å². The molecule has 3 rings (SSSR count). The Kier molecular flexibility index (Phi) is 10.1. The summed E-state index contributed by atoms with van der Waals surface area (Å²) in [6, 6.07) is 13.9. The van der Waals surface area contributed by atoms with E-state index in [4.69, 9.17) is 13.9 Å². The summed E-state index contributed by atoms with van der Waals surface area (Å²) in [7, 11) is -0.921. The third-order valence-electron chi connectivity index (χ3n) is 8.11. The van der Waals surface area contributed by atoms with Gasteiger partial charge in [0.25, 0.3) is 0 Å². The molecule has 0 radical (unpaired) electrons. The summed E-state index contributed by atoms with van der Waals surface area (Å²) in [5, 5.41) is 12.5. The fraction of sp³-hybridized carbons (Fsp3) is 0.438. The molecule has 0 bridgehead atoms. The van der Waals surface area contributed by atoms with Crippen molar-refractivity contribution in [1.29, 1.82) is 0 Å². The van der Waals surface area contributed by atoms with E-state index in [-0.39, 0.29) is 22.8 Å². The molecule has 0 aliphatic heterocycles. The van der Waals surface area contributed by atoms with Crippen LogP contribution in [0, 0.1) is 10.1 Å². The molecule has 0 saturated carbocycles. The lowest BCUT2D eigenvalue weighted by Crippen LogP contribution is -2.49. The number of benzene rings is 2. The van der Waals surface area contributed by atoms with Gasteiger partial charge in [-0.25, -0.2) is 0 Å². The minimum atomic E-state index is -2.47. The number of hydrogen-bond acceptors (Lipinski definition) is 7. The van der Waals surface area contributed by atoms with E-state index in [9.17, 15) is 19.7 Å². The lowest BCUT2D eigenvalue weighted by molar-refractivity contribution is -0.532. The Morgan fingerprint density at radius 2 is 1.61 bits per heavy atom. The van der Waals surface area contributed by atoms with Gasteiger partial charge < -0.3 is 13.9 Å². The zero-order chi connectivity index (χ0) is 30.5. The van der Waals surface area contributed by atoms with Gasteiger partial charge in [0.15, 0.2) is 19.8 Å². The molecular weight excluding hydrogens is 538 g/mol. The van der Waals surface area contributed by atoms with E-state index in [1.807, 2.05) is 30.3 Å². The second kappa shape index (κ2) is 13.0. The number of methoxy groups -OCH3 is 1. The van der Waals surface area contributed by atoms with Crippen molar-refractivity contribution < 1.29 is 28.4 Å². The summed E-state index contributed by atoms with van der Waals surface area (Å²) >= 11 is 0. The van der Waals surface area contributed by atoms with E-state index in [1.54, 1.807) is 39.2 Å². The first-order chi connectivity index (χ1) is 19.1. The van der Waals surface area contributed by atoms with Gasteiger partial charge in [0.2, 0.25) is 17.6 Å². The minimum absolute atomic E-state index is 0.0833. The van der Waals surface area contributed by atoms with Crippen molar-refractivity contribution in [2.45, 2.75) is 84.3 Å². The van der Waals surface area contributed by atoms with Crippen molar-refractivity contribution in [3.05, 3.63) is 92.6 Å². The SMILES string of the molecule is COc1ccc(C[C@@H]([C@@H](CC2=C(C)C(=O)C(=O)C=C2C)O[Si](C)(C)C(C)(C)C)[N+](=O)[O-])cc1OCc1ccccc1. The van der Waals surface area contributed by atoms with Gasteiger partial charge in [-0.3, -0.25) is 19.7 Å². The molecule has 1 aliphatic carbocycles. The quantitative estimate of drug-likeness (QED) is 0.0910. The van der Waals surface area contributed by atoms with Gasteiger partial charge in [0.05, 0.1) is 7.11 Å². The maximum Gasteiger partial charge on any atom is 0.241 e. The van der Waals surface area contributed by atoms with Gasteiger partial charge in [-0.1, -0.05) is 57.2 Å². The molecule has 0 N–H and O–H groups in total. The van der Waals surface area contributed by atoms with Crippen LogP contribution in [-0.2, 0) is 27.0 Å². The van der Waals surface area contributed by atoms with E-state index in [1.165, 1.54) is 6.08 Å². The summed E-state index contributed by atoms with van der Waals surface area (Å²) in [5.41, 5.74) is 3.28. The van der Waals surface area contributed by atoms with Crippen LogP contribution in [0.1, 0.15) is 52.2 Å². The number of allylic oxidation sites excluding steroid dienone is 3. The van der Waals surface area contributed by atoms with Crippen LogP contribution >= 0.6 is 0 Å². The molecule has 41 heavy (non-hydrogen) atoms. The van der Waals surface area contributed by atoms with Gasteiger partial charge in [0.1, 0.15) is 12.7 Å². The topological polar surface area (TPSA) is 105 Å². The summed E-state index contributed by atoms with van der Waals surface area (Å²) in [6.45, 7) is 14.0. The Balaban J connectivity index is 1.98. The average molecular weight is 580 g/mol. The van der Waals surface area contributed by atoms with Crippen molar-refractivity contribution >= 4 is 19.9 Å². The van der Waals surface area contributed by atoms with E-state index in [0.717, 1.165) is 5.56 Å². The monoisotopic (exact) mass is 579 g/mol. The van der Waals surface area contributed by atoms with Gasteiger partial charge in [0, 0.05) is 23.3 Å². The van der Waals surface area contributed by atoms with Gasteiger partial charge in [-0.15, -0.1) is 0 Å². The summed E-state index contributed by atoms with van der Waals surface area (Å²) in [6.07, 6.45) is 0.726. The zero-order valence-electron chi connectivity index (χ0n) is 25.3. The highest BCUT2D eigenvalue weighted by atomic mass is 28.4. The smallest absolute Gasteiger partial charge is 0.241 e. The minimum Gasteiger partial charge on any atom is -0.493 e. The fourth-order valence-corrected chi connectivity index (χ4v) is 5.92. The molecule has 0 spiro atoms. The molecule has 0 amide bonds. The second-order valence-electron chi connectivity index (χ2n) is 12.1. The van der Waals surface area contributed by atoms with Crippen molar-refractivity contribution in [3.8, 4) is 11.5 Å². The number of carbonyl (C=O) groups is 2. The second-order valence-corrected chi connectivity index (χ2v) is 16.8. The third kappa shape index (κ3) is 7.80. The predicted octanol–water partition coefficient (Wildman–Crippen LogP) is 6.66. The summed E-state index contributed by atoms with van der Waals surface area (Å²) in [5.74, 6) is -0.128. The first-order valence-corrected chi connectivity index (χ1v) is 16.7. The van der Waals surface area contributed by atoms with Gasteiger partial charge >= 0.3 is 0 Å². The first-order valence-electron chi connectivity index (χ1n) is 13.8. The standard InChI is InChI=1S/C32H41NO7Si/c1-21-16-27(34)31(35)22(2)25(21)19-29(40-41(7,8)32(3,4)5)26(33(36)37)17-24-14-15-28(38-6)30(18-24)39-20-23-12-10-9-11-13-23/h9-16,18,26,29H,17,19-20H2,1-8H3/t26-,29+/m0/s1. The third-order valence-corrected chi connectivity index (χ3v) is 12.6. The Bertz CT molecular complexity index is 1360. The number of rotatable bonds is 12. The van der Waals surface area contributed by atoms with Crippen molar-refractivity contribution in [1.82, 2.24) is 0 Å². The van der Waals surface area contributed by atoms with Crippen molar-refractivity contribution in [3.63, 3.8) is 0 Å². The molecule has 2 atom stereocenters. The number of ketones is 2. The molecule has 1 aliphatic rings. The highest BCUT2D eigenvalue weighted by Gasteiger charge is 2.44. The van der Waals surface area contributed by atoms with Crippen molar-refractivity contribution in [2.24, 2.45) is 0 Å². The maximum absolute atomic E-state index is 12.7. The Morgan fingerprint density at radius 1 is 0.951 bits per heavy atom. The molecule has 220 valence electrons. The summed E-state index contributed by atoms with van der Waals surface area (Å²) < 4.78 is 18.3. The molecule has 9 heteroatoms. The van der Waals surface area contributed by atoms with Gasteiger partial charge in [-0.2, -0.15) is 0 Å². The molecular formula is C32H41NO7Si. The van der Waals surface area contributed by atoms with Crippen LogP contribution < -0.4 is 9.47 Å². The highest BCUT2D eigenvalue weighted by molar-refractivity contribution is 6.74. The largest absolute Gasteiger partial charge is 0.493 e. The zero-order valence-corrected chi connectivity index (χ0v) is 26.3. The Hall–Kier alpha value is -3.56. The maximum atomic E-state index is 12.7. The lowest BCUT2D eigenvalue weighted by atomic mass is 9.85. The van der Waals surface area contributed by atoms with Crippen LogP contribution in [0.3, 0.4) is 0 Å². The van der Waals surface area contributed by atoms with Crippen LogP contribution in [0.4, 0.5) is 0 Å². The normalized spacial score (nSPS) is 15.9.